The maximum atomic E-state index is 13.7. The van der Waals surface area contributed by atoms with Crippen LogP contribution in [0.5, 0.6) is 0 Å². The summed E-state index contributed by atoms with van der Waals surface area (Å²) >= 11 is 0. The standard InChI is InChI=1S/C13H18FN3O/c1-9-2-3-12(11(14)8-9)16-10-4-6-17(7-5-10)13(15)18/h2-3,8,10,16H,4-7H2,1H3,(H2,15,18). The number of aryl methyl sites for hydroxylation is 1. The predicted molar refractivity (Wildman–Crippen MR) is 68.9 cm³/mol. The van der Waals surface area contributed by atoms with Gasteiger partial charge in [-0.1, -0.05) is 6.07 Å². The van der Waals surface area contributed by atoms with E-state index in [9.17, 15) is 9.18 Å². The topological polar surface area (TPSA) is 58.4 Å². The van der Waals surface area contributed by atoms with Gasteiger partial charge in [-0.3, -0.25) is 0 Å². The van der Waals surface area contributed by atoms with Gasteiger partial charge in [0.25, 0.3) is 0 Å². The minimum atomic E-state index is -0.380. The summed E-state index contributed by atoms with van der Waals surface area (Å²) in [6.07, 6.45) is 1.58. The zero-order valence-electron chi connectivity index (χ0n) is 10.4. The molecule has 0 aliphatic carbocycles. The lowest BCUT2D eigenvalue weighted by atomic mass is 10.0. The summed E-state index contributed by atoms with van der Waals surface area (Å²) in [5, 5.41) is 3.18. The molecule has 3 N–H and O–H groups in total. The number of hydrogen-bond acceptors (Lipinski definition) is 2. The number of primary amides is 1. The van der Waals surface area contributed by atoms with E-state index in [1.807, 2.05) is 13.0 Å². The van der Waals surface area contributed by atoms with Crippen molar-refractivity contribution in [2.75, 3.05) is 18.4 Å². The molecule has 1 fully saturated rings. The molecule has 0 bridgehead atoms. The van der Waals surface area contributed by atoms with Crippen LogP contribution in [0.2, 0.25) is 0 Å². The highest BCUT2D eigenvalue weighted by Gasteiger charge is 2.21. The third-order valence-electron chi connectivity index (χ3n) is 3.29. The van der Waals surface area contributed by atoms with Crippen LogP contribution in [0, 0.1) is 12.7 Å². The van der Waals surface area contributed by atoms with Gasteiger partial charge < -0.3 is 16.0 Å². The molecule has 18 heavy (non-hydrogen) atoms. The third-order valence-corrected chi connectivity index (χ3v) is 3.29. The van der Waals surface area contributed by atoms with Crippen molar-refractivity contribution in [3.63, 3.8) is 0 Å². The average Bonchev–Trinajstić information content (AvgIpc) is 2.33. The number of anilines is 1. The summed E-state index contributed by atoms with van der Waals surface area (Å²) in [5.41, 5.74) is 6.64. The monoisotopic (exact) mass is 251 g/mol. The smallest absolute Gasteiger partial charge is 0.314 e. The summed E-state index contributed by atoms with van der Waals surface area (Å²) in [5.74, 6) is -0.229. The Kier molecular flexibility index (Phi) is 3.69. The molecule has 1 aliphatic heterocycles. The fraction of sp³-hybridized carbons (Fsp3) is 0.462. The molecule has 5 heteroatoms. The Balaban J connectivity index is 1.93. The maximum absolute atomic E-state index is 13.7. The van der Waals surface area contributed by atoms with Gasteiger partial charge in [-0.15, -0.1) is 0 Å². The van der Waals surface area contributed by atoms with E-state index < -0.39 is 0 Å². The van der Waals surface area contributed by atoms with Crippen molar-refractivity contribution in [1.29, 1.82) is 0 Å². The number of carbonyl (C=O) groups is 1. The van der Waals surface area contributed by atoms with E-state index in [-0.39, 0.29) is 17.9 Å². The molecule has 2 amide bonds. The second kappa shape index (κ2) is 5.25. The molecule has 1 aliphatic rings. The number of rotatable bonds is 2. The zero-order valence-corrected chi connectivity index (χ0v) is 10.4. The normalized spacial score (nSPS) is 16.7. The first-order valence-electron chi connectivity index (χ1n) is 6.13. The van der Waals surface area contributed by atoms with E-state index in [2.05, 4.69) is 5.32 Å². The highest BCUT2D eigenvalue weighted by Crippen LogP contribution is 2.20. The lowest BCUT2D eigenvalue weighted by molar-refractivity contribution is 0.193. The van der Waals surface area contributed by atoms with Crippen LogP contribution in [-0.4, -0.2) is 30.1 Å². The zero-order chi connectivity index (χ0) is 13.1. The highest BCUT2D eigenvalue weighted by atomic mass is 19.1. The second-order valence-electron chi connectivity index (χ2n) is 4.73. The molecule has 0 saturated carbocycles. The minimum absolute atomic E-state index is 0.192. The summed E-state index contributed by atoms with van der Waals surface area (Å²) in [7, 11) is 0. The molecule has 1 aromatic rings. The molecule has 2 rings (SSSR count). The lowest BCUT2D eigenvalue weighted by Gasteiger charge is -2.31. The molecule has 0 unspecified atom stereocenters. The number of likely N-dealkylation sites (tertiary alicyclic amines) is 1. The van der Waals surface area contributed by atoms with E-state index in [0.29, 0.717) is 18.8 Å². The average molecular weight is 251 g/mol. The quantitative estimate of drug-likeness (QED) is 0.845. The van der Waals surface area contributed by atoms with E-state index in [4.69, 9.17) is 5.73 Å². The molecule has 0 atom stereocenters. The van der Waals surface area contributed by atoms with Crippen LogP contribution < -0.4 is 11.1 Å². The number of piperidine rings is 1. The van der Waals surface area contributed by atoms with Crippen molar-refractivity contribution in [3.8, 4) is 0 Å². The van der Waals surface area contributed by atoms with Gasteiger partial charge in [-0.05, 0) is 37.5 Å². The van der Waals surface area contributed by atoms with Crippen LogP contribution in [0.1, 0.15) is 18.4 Å². The van der Waals surface area contributed by atoms with Crippen molar-refractivity contribution < 1.29 is 9.18 Å². The molecule has 1 aromatic carbocycles. The van der Waals surface area contributed by atoms with E-state index in [1.165, 1.54) is 6.07 Å². The van der Waals surface area contributed by atoms with Gasteiger partial charge in [-0.2, -0.15) is 0 Å². The molecule has 98 valence electrons. The highest BCUT2D eigenvalue weighted by molar-refractivity contribution is 5.72. The minimum Gasteiger partial charge on any atom is -0.380 e. The van der Waals surface area contributed by atoms with Crippen molar-refractivity contribution in [1.82, 2.24) is 4.90 Å². The van der Waals surface area contributed by atoms with Gasteiger partial charge in [0.05, 0.1) is 5.69 Å². The van der Waals surface area contributed by atoms with Crippen LogP contribution in [0.4, 0.5) is 14.9 Å². The molecule has 1 heterocycles. The molecule has 1 saturated heterocycles. The Morgan fingerprint density at radius 2 is 2.11 bits per heavy atom. The number of urea groups is 1. The fourth-order valence-electron chi connectivity index (χ4n) is 2.20. The van der Waals surface area contributed by atoms with Crippen LogP contribution in [0.25, 0.3) is 0 Å². The number of nitrogens with one attached hydrogen (secondary N) is 1. The van der Waals surface area contributed by atoms with Crippen molar-refractivity contribution in [2.45, 2.75) is 25.8 Å². The molecular weight excluding hydrogens is 233 g/mol. The summed E-state index contributed by atoms with van der Waals surface area (Å²) in [4.78, 5) is 12.6. The number of benzene rings is 1. The van der Waals surface area contributed by atoms with Crippen LogP contribution in [-0.2, 0) is 0 Å². The number of nitrogens with two attached hydrogens (primary N) is 1. The lowest BCUT2D eigenvalue weighted by Crippen LogP contribution is -2.44. The third kappa shape index (κ3) is 2.91. The number of nitrogens with zero attached hydrogens (tertiary/aromatic N) is 1. The van der Waals surface area contributed by atoms with Crippen molar-refractivity contribution >= 4 is 11.7 Å². The molecule has 4 nitrogen and oxygen atoms in total. The second-order valence-corrected chi connectivity index (χ2v) is 4.73. The summed E-state index contributed by atoms with van der Waals surface area (Å²) < 4.78 is 13.7. The summed E-state index contributed by atoms with van der Waals surface area (Å²) in [6, 6.07) is 4.96. The first-order valence-corrected chi connectivity index (χ1v) is 6.13. The Bertz CT molecular complexity index is 442. The summed E-state index contributed by atoms with van der Waals surface area (Å²) in [6.45, 7) is 3.11. The van der Waals surface area contributed by atoms with Crippen LogP contribution in [0.15, 0.2) is 18.2 Å². The van der Waals surface area contributed by atoms with Gasteiger partial charge in [0.2, 0.25) is 0 Å². The maximum Gasteiger partial charge on any atom is 0.314 e. The van der Waals surface area contributed by atoms with Gasteiger partial charge in [-0.25, -0.2) is 9.18 Å². The number of carbonyl (C=O) groups excluding carboxylic acids is 1. The molecule has 0 spiro atoms. The first-order chi connectivity index (χ1) is 8.56. The van der Waals surface area contributed by atoms with Crippen molar-refractivity contribution in [2.24, 2.45) is 5.73 Å². The number of hydrogen-bond donors (Lipinski definition) is 2. The Hall–Kier alpha value is -1.78. The van der Waals surface area contributed by atoms with Gasteiger partial charge in [0, 0.05) is 19.1 Å². The van der Waals surface area contributed by atoms with Crippen LogP contribution >= 0.6 is 0 Å². The number of amides is 2. The van der Waals surface area contributed by atoms with Gasteiger partial charge in [0.1, 0.15) is 5.82 Å². The predicted octanol–water partition coefficient (Wildman–Crippen LogP) is 2.09. The largest absolute Gasteiger partial charge is 0.380 e. The Morgan fingerprint density at radius 1 is 1.44 bits per heavy atom. The van der Waals surface area contributed by atoms with Gasteiger partial charge >= 0.3 is 6.03 Å². The molecule has 0 aromatic heterocycles. The van der Waals surface area contributed by atoms with Crippen molar-refractivity contribution in [3.05, 3.63) is 29.6 Å². The first kappa shape index (κ1) is 12.7. The van der Waals surface area contributed by atoms with Gasteiger partial charge in [0.15, 0.2) is 0 Å². The molecule has 0 radical (unpaired) electrons. The van der Waals surface area contributed by atoms with E-state index >= 15 is 0 Å². The SMILES string of the molecule is Cc1ccc(NC2CCN(C(N)=O)CC2)c(F)c1. The van der Waals surface area contributed by atoms with E-state index in [0.717, 1.165) is 18.4 Å². The Labute approximate surface area is 106 Å². The number of halogens is 1. The fourth-order valence-corrected chi connectivity index (χ4v) is 2.20. The molecular formula is C13H18FN3O. The van der Waals surface area contributed by atoms with E-state index in [1.54, 1.807) is 11.0 Å². The van der Waals surface area contributed by atoms with Crippen LogP contribution in [0.3, 0.4) is 0 Å². The Morgan fingerprint density at radius 3 is 2.67 bits per heavy atom.